The number of ether oxygens (including phenoxy) is 2. The zero-order valence-electron chi connectivity index (χ0n) is 18.0. The van der Waals surface area contributed by atoms with E-state index in [9.17, 15) is 4.79 Å². The summed E-state index contributed by atoms with van der Waals surface area (Å²) in [5.74, 6) is 2.13. The summed E-state index contributed by atoms with van der Waals surface area (Å²) in [7, 11) is 1.86. The molecule has 8 nitrogen and oxygen atoms in total. The zero-order chi connectivity index (χ0) is 22.8. The van der Waals surface area contributed by atoms with Crippen molar-refractivity contribution < 1.29 is 14.3 Å². The summed E-state index contributed by atoms with van der Waals surface area (Å²) in [6.45, 7) is 2.32. The van der Waals surface area contributed by atoms with Gasteiger partial charge in [-0.3, -0.25) is 4.79 Å². The van der Waals surface area contributed by atoms with Gasteiger partial charge >= 0.3 is 0 Å². The predicted molar refractivity (Wildman–Crippen MR) is 128 cm³/mol. The first kappa shape index (κ1) is 21.5. The number of aromatic nitrogens is 4. The van der Waals surface area contributed by atoms with Gasteiger partial charge in [0.1, 0.15) is 6.61 Å². The summed E-state index contributed by atoms with van der Waals surface area (Å²) >= 11 is 2.92. The van der Waals surface area contributed by atoms with Crippen molar-refractivity contribution in [1.82, 2.24) is 19.7 Å². The Kier molecular flexibility index (Phi) is 6.01. The molecule has 0 bridgehead atoms. The Bertz CT molecular complexity index is 1300. The van der Waals surface area contributed by atoms with Crippen LogP contribution in [0.15, 0.2) is 59.1 Å². The average molecular weight is 480 g/mol. The Hall–Kier alpha value is -3.37. The largest absolute Gasteiger partial charge is 0.485 e. The molecule has 0 unspecified atom stereocenters. The minimum atomic E-state index is -0.363. The lowest BCUT2D eigenvalue weighted by Gasteiger charge is -2.25. The number of hydrogen-bond acceptors (Lipinski definition) is 8. The van der Waals surface area contributed by atoms with E-state index in [1.807, 2.05) is 72.4 Å². The van der Waals surface area contributed by atoms with E-state index in [4.69, 9.17) is 9.47 Å². The van der Waals surface area contributed by atoms with E-state index >= 15 is 0 Å². The van der Waals surface area contributed by atoms with E-state index in [0.29, 0.717) is 23.3 Å². The van der Waals surface area contributed by atoms with Gasteiger partial charge in [0.15, 0.2) is 28.6 Å². The maximum Gasteiger partial charge on any atom is 0.234 e. The molecular formula is C23H21N5O3S2. The predicted octanol–water partition coefficient (Wildman–Crippen LogP) is 4.49. The number of aryl methyl sites for hydroxylation is 1. The molecule has 0 saturated heterocycles. The quantitative estimate of drug-likeness (QED) is 0.408. The SMILES string of the molecule is Cc1nc(-c2cccc(NC(=O)CSc3nnc([C@H]4COc5ccccc5O4)n3C)c2)cs1. The van der Waals surface area contributed by atoms with Gasteiger partial charge in [0.05, 0.1) is 16.5 Å². The zero-order valence-corrected chi connectivity index (χ0v) is 19.7. The second kappa shape index (κ2) is 9.24. The first-order chi connectivity index (χ1) is 16.1. The topological polar surface area (TPSA) is 91.2 Å². The number of nitrogens with zero attached hydrogens (tertiary/aromatic N) is 4. The number of benzene rings is 2. The fraction of sp³-hybridized carbons (Fsp3) is 0.217. The molecule has 168 valence electrons. The van der Waals surface area contributed by atoms with Crippen molar-refractivity contribution in [2.45, 2.75) is 18.2 Å². The molecule has 0 saturated carbocycles. The molecule has 1 aliphatic heterocycles. The van der Waals surface area contributed by atoms with Crippen LogP contribution in [0.4, 0.5) is 5.69 Å². The van der Waals surface area contributed by atoms with Crippen LogP contribution in [0.5, 0.6) is 11.5 Å². The van der Waals surface area contributed by atoms with Gasteiger partial charge in [0, 0.05) is 23.7 Å². The van der Waals surface area contributed by atoms with Gasteiger partial charge < -0.3 is 19.4 Å². The molecule has 2 aromatic carbocycles. The van der Waals surface area contributed by atoms with Gasteiger partial charge in [0.2, 0.25) is 5.91 Å². The van der Waals surface area contributed by atoms with E-state index in [2.05, 4.69) is 20.5 Å². The fourth-order valence-electron chi connectivity index (χ4n) is 3.46. The van der Waals surface area contributed by atoms with E-state index in [1.54, 1.807) is 11.3 Å². The lowest BCUT2D eigenvalue weighted by Crippen LogP contribution is -2.24. The Morgan fingerprint density at radius 1 is 1.21 bits per heavy atom. The molecule has 0 radical (unpaired) electrons. The second-order valence-electron chi connectivity index (χ2n) is 7.43. The molecule has 0 fully saturated rings. The summed E-state index contributed by atoms with van der Waals surface area (Å²) in [6.07, 6.45) is -0.363. The van der Waals surface area contributed by atoms with Gasteiger partial charge in [-0.15, -0.1) is 21.5 Å². The number of anilines is 1. The van der Waals surface area contributed by atoms with Gasteiger partial charge in [-0.25, -0.2) is 4.98 Å². The number of nitrogens with one attached hydrogen (secondary N) is 1. The summed E-state index contributed by atoms with van der Waals surface area (Å²) < 4.78 is 13.6. The molecule has 33 heavy (non-hydrogen) atoms. The minimum absolute atomic E-state index is 0.123. The van der Waals surface area contributed by atoms with Crippen LogP contribution in [0, 0.1) is 6.92 Å². The van der Waals surface area contributed by atoms with Crippen LogP contribution in [-0.4, -0.2) is 38.0 Å². The van der Waals surface area contributed by atoms with Crippen LogP contribution in [0.2, 0.25) is 0 Å². The highest BCUT2D eigenvalue weighted by Crippen LogP contribution is 2.35. The Balaban J connectivity index is 1.20. The number of rotatable bonds is 6. The molecule has 1 atom stereocenters. The molecule has 0 aliphatic carbocycles. The van der Waals surface area contributed by atoms with Crippen molar-refractivity contribution >= 4 is 34.7 Å². The first-order valence-corrected chi connectivity index (χ1v) is 12.2. The highest BCUT2D eigenvalue weighted by Gasteiger charge is 2.27. The van der Waals surface area contributed by atoms with Crippen molar-refractivity contribution in [3.8, 4) is 22.8 Å². The number of hydrogen-bond donors (Lipinski definition) is 1. The molecular weight excluding hydrogens is 458 g/mol. The lowest BCUT2D eigenvalue weighted by atomic mass is 10.1. The standard InChI is InChI=1S/C23H21N5O3S2/c1-14-24-17(12-32-14)15-6-5-7-16(10-15)25-21(29)13-33-23-27-26-22(28(23)2)20-11-30-18-8-3-4-9-19(18)31-20/h3-10,12,20H,11,13H2,1-2H3,(H,25,29)/t20-/m1/s1. The van der Waals surface area contributed by atoms with Crippen LogP contribution in [0.3, 0.4) is 0 Å². The summed E-state index contributed by atoms with van der Waals surface area (Å²) in [5.41, 5.74) is 2.61. The molecule has 10 heteroatoms. The van der Waals surface area contributed by atoms with Crippen molar-refractivity contribution in [3.05, 3.63) is 64.7 Å². The summed E-state index contributed by atoms with van der Waals surface area (Å²) in [6, 6.07) is 15.2. The first-order valence-electron chi connectivity index (χ1n) is 10.3. The third-order valence-electron chi connectivity index (χ3n) is 5.06. The number of thioether (sulfide) groups is 1. The molecule has 1 N–H and O–H groups in total. The number of amides is 1. The van der Waals surface area contributed by atoms with Gasteiger partial charge in [-0.2, -0.15) is 0 Å². The van der Waals surface area contributed by atoms with E-state index in [1.165, 1.54) is 11.8 Å². The monoisotopic (exact) mass is 479 g/mol. The number of para-hydroxylation sites is 2. The Morgan fingerprint density at radius 3 is 2.88 bits per heavy atom. The number of fused-ring (bicyclic) bond motifs is 1. The average Bonchev–Trinajstić information content (AvgIpc) is 3.43. The molecule has 1 amide bonds. The van der Waals surface area contributed by atoms with Crippen LogP contribution in [0.1, 0.15) is 16.9 Å². The third kappa shape index (κ3) is 4.71. The van der Waals surface area contributed by atoms with Crippen LogP contribution in [0.25, 0.3) is 11.3 Å². The normalized spacial score (nSPS) is 14.8. The summed E-state index contributed by atoms with van der Waals surface area (Å²) in [4.78, 5) is 17.1. The van der Waals surface area contributed by atoms with E-state index in [-0.39, 0.29) is 17.8 Å². The maximum absolute atomic E-state index is 12.5. The number of thiazole rings is 1. The van der Waals surface area contributed by atoms with Crippen LogP contribution in [-0.2, 0) is 11.8 Å². The smallest absolute Gasteiger partial charge is 0.234 e. The maximum atomic E-state index is 12.5. The highest BCUT2D eigenvalue weighted by molar-refractivity contribution is 7.99. The van der Waals surface area contributed by atoms with E-state index < -0.39 is 0 Å². The van der Waals surface area contributed by atoms with Gasteiger partial charge in [-0.1, -0.05) is 36.0 Å². The molecule has 2 aromatic heterocycles. The molecule has 0 spiro atoms. The van der Waals surface area contributed by atoms with Gasteiger partial charge in [-0.05, 0) is 31.2 Å². The molecule has 3 heterocycles. The van der Waals surface area contributed by atoms with Crippen molar-refractivity contribution in [2.75, 3.05) is 17.7 Å². The Labute approximate surface area is 199 Å². The Morgan fingerprint density at radius 2 is 2.06 bits per heavy atom. The fourth-order valence-corrected chi connectivity index (χ4v) is 4.80. The second-order valence-corrected chi connectivity index (χ2v) is 9.44. The third-order valence-corrected chi connectivity index (χ3v) is 6.85. The number of carbonyl (C=O) groups is 1. The van der Waals surface area contributed by atoms with Crippen molar-refractivity contribution in [2.24, 2.45) is 7.05 Å². The highest BCUT2D eigenvalue weighted by atomic mass is 32.2. The van der Waals surface area contributed by atoms with Crippen molar-refractivity contribution in [3.63, 3.8) is 0 Å². The lowest BCUT2D eigenvalue weighted by molar-refractivity contribution is -0.113. The molecule has 5 rings (SSSR count). The van der Waals surface area contributed by atoms with E-state index in [0.717, 1.165) is 27.7 Å². The minimum Gasteiger partial charge on any atom is -0.485 e. The van der Waals surface area contributed by atoms with Crippen LogP contribution < -0.4 is 14.8 Å². The van der Waals surface area contributed by atoms with Crippen LogP contribution >= 0.6 is 23.1 Å². The van der Waals surface area contributed by atoms with Gasteiger partial charge in [0.25, 0.3) is 0 Å². The van der Waals surface area contributed by atoms with Crippen molar-refractivity contribution in [1.29, 1.82) is 0 Å². The molecule has 4 aromatic rings. The molecule has 1 aliphatic rings. The number of carbonyl (C=O) groups excluding carboxylic acids is 1. The summed E-state index contributed by atoms with van der Waals surface area (Å²) in [5, 5.41) is 15.1.